The van der Waals surface area contributed by atoms with E-state index in [1.54, 1.807) is 0 Å². The number of halogens is 3. The van der Waals surface area contributed by atoms with Gasteiger partial charge in [0, 0.05) is 5.56 Å². The predicted molar refractivity (Wildman–Crippen MR) is 75.4 cm³/mol. The van der Waals surface area contributed by atoms with Crippen LogP contribution in [-0.4, -0.2) is 11.5 Å². The Kier molecular flexibility index (Phi) is 4.96. The fraction of sp³-hybridized carbons (Fsp3) is 0.312. The monoisotopic (exact) mass is 294 g/mol. The summed E-state index contributed by atoms with van der Waals surface area (Å²) >= 11 is 0. The van der Waals surface area contributed by atoms with Gasteiger partial charge in [0.25, 0.3) is 0 Å². The molecule has 1 N–H and O–H groups in total. The normalized spacial score (nSPS) is 12.4. The van der Waals surface area contributed by atoms with E-state index in [4.69, 9.17) is 0 Å². The first-order valence-electron chi connectivity index (χ1n) is 6.84. The van der Waals surface area contributed by atoms with Crippen LogP contribution in [0.15, 0.2) is 30.5 Å². The summed E-state index contributed by atoms with van der Waals surface area (Å²) < 4.78 is 40.9. The van der Waals surface area contributed by atoms with Crippen LogP contribution in [-0.2, 0) is 0 Å². The van der Waals surface area contributed by atoms with Crippen LogP contribution in [0.3, 0.4) is 0 Å². The highest BCUT2D eigenvalue weighted by atomic mass is 19.2. The number of rotatable bonds is 5. The molecule has 1 atom stereocenters. The van der Waals surface area contributed by atoms with E-state index in [0.29, 0.717) is 12.2 Å². The minimum absolute atomic E-state index is 0.172. The quantitative estimate of drug-likeness (QED) is 0.904. The number of hydrogen-bond donors (Lipinski definition) is 1. The molecule has 1 heterocycles. The summed E-state index contributed by atoms with van der Waals surface area (Å²) in [7, 11) is 0. The molecule has 21 heavy (non-hydrogen) atoms. The molecule has 0 radical (unpaired) electrons. The standard InChI is InChI=1S/C16H17F3N2/c1-3-8-20-16(13-7-5-11(17)9-21-13)12-6-4-10(2)14(18)15(12)19/h4-7,9,16,20H,3,8H2,1-2H3. The molecule has 0 spiro atoms. The number of pyridine rings is 1. The lowest BCUT2D eigenvalue weighted by Crippen LogP contribution is -2.25. The number of nitrogens with zero attached hydrogens (tertiary/aromatic N) is 1. The number of aryl methyl sites for hydroxylation is 1. The van der Waals surface area contributed by atoms with Crippen LogP contribution >= 0.6 is 0 Å². The first kappa shape index (κ1) is 15.5. The van der Waals surface area contributed by atoms with Crippen LogP contribution in [0, 0.1) is 24.4 Å². The van der Waals surface area contributed by atoms with Crippen molar-refractivity contribution in [3.63, 3.8) is 0 Å². The zero-order valence-electron chi connectivity index (χ0n) is 12.0. The highest BCUT2D eigenvalue weighted by Gasteiger charge is 2.21. The van der Waals surface area contributed by atoms with Gasteiger partial charge in [0.2, 0.25) is 0 Å². The third-order valence-corrected chi connectivity index (χ3v) is 3.26. The molecule has 0 aliphatic heterocycles. The zero-order chi connectivity index (χ0) is 15.4. The number of aromatic nitrogens is 1. The molecule has 0 saturated heterocycles. The first-order valence-corrected chi connectivity index (χ1v) is 6.84. The van der Waals surface area contributed by atoms with Gasteiger partial charge in [-0.05, 0) is 37.6 Å². The van der Waals surface area contributed by atoms with Gasteiger partial charge in [0.05, 0.1) is 17.9 Å². The van der Waals surface area contributed by atoms with Crippen molar-refractivity contribution in [1.29, 1.82) is 0 Å². The first-order chi connectivity index (χ1) is 10.0. The third-order valence-electron chi connectivity index (χ3n) is 3.26. The van der Waals surface area contributed by atoms with Crippen molar-refractivity contribution in [3.05, 3.63) is 64.7 Å². The summed E-state index contributed by atoms with van der Waals surface area (Å²) in [5.74, 6) is -2.23. The fourth-order valence-electron chi connectivity index (χ4n) is 2.10. The fourth-order valence-corrected chi connectivity index (χ4v) is 2.10. The third kappa shape index (κ3) is 3.42. The van der Waals surface area contributed by atoms with Crippen LogP contribution < -0.4 is 5.32 Å². The van der Waals surface area contributed by atoms with Gasteiger partial charge in [0.1, 0.15) is 5.82 Å². The van der Waals surface area contributed by atoms with E-state index in [1.165, 1.54) is 31.2 Å². The maximum absolute atomic E-state index is 14.2. The molecule has 112 valence electrons. The van der Waals surface area contributed by atoms with E-state index in [9.17, 15) is 13.2 Å². The van der Waals surface area contributed by atoms with Gasteiger partial charge in [-0.1, -0.05) is 19.1 Å². The molecule has 0 saturated carbocycles. The van der Waals surface area contributed by atoms with Crippen molar-refractivity contribution in [2.45, 2.75) is 26.3 Å². The van der Waals surface area contributed by atoms with Gasteiger partial charge < -0.3 is 5.32 Å². The number of hydrogen-bond acceptors (Lipinski definition) is 2. The number of benzene rings is 1. The van der Waals surface area contributed by atoms with E-state index in [-0.39, 0.29) is 11.1 Å². The topological polar surface area (TPSA) is 24.9 Å². The van der Waals surface area contributed by atoms with Crippen LogP contribution in [0.4, 0.5) is 13.2 Å². The molecule has 0 bridgehead atoms. The molecule has 1 aromatic carbocycles. The van der Waals surface area contributed by atoms with E-state index in [0.717, 1.165) is 12.6 Å². The summed E-state index contributed by atoms with van der Waals surface area (Å²) in [6.07, 6.45) is 1.89. The molecule has 2 aromatic rings. The molecule has 1 unspecified atom stereocenters. The largest absolute Gasteiger partial charge is 0.305 e. The second-order valence-corrected chi connectivity index (χ2v) is 4.89. The van der Waals surface area contributed by atoms with Crippen molar-refractivity contribution in [2.24, 2.45) is 0 Å². The van der Waals surface area contributed by atoms with Gasteiger partial charge in [-0.25, -0.2) is 13.2 Å². The molecule has 0 amide bonds. The van der Waals surface area contributed by atoms with Crippen molar-refractivity contribution < 1.29 is 13.2 Å². The SMILES string of the molecule is CCCNC(c1ccc(F)cn1)c1ccc(C)c(F)c1F. The Morgan fingerprint density at radius 1 is 1.10 bits per heavy atom. The summed E-state index contributed by atoms with van der Waals surface area (Å²) in [6.45, 7) is 4.08. The van der Waals surface area contributed by atoms with Gasteiger partial charge in [-0.15, -0.1) is 0 Å². The highest BCUT2D eigenvalue weighted by molar-refractivity contribution is 5.32. The molecule has 5 heteroatoms. The van der Waals surface area contributed by atoms with Crippen molar-refractivity contribution in [2.75, 3.05) is 6.54 Å². The molecule has 1 aromatic heterocycles. The minimum atomic E-state index is -0.894. The van der Waals surface area contributed by atoms with Gasteiger partial charge in [-0.3, -0.25) is 4.98 Å². The molecule has 0 aliphatic rings. The van der Waals surface area contributed by atoms with Gasteiger partial charge in [-0.2, -0.15) is 0 Å². The average Bonchev–Trinajstić information content (AvgIpc) is 2.48. The minimum Gasteiger partial charge on any atom is -0.305 e. The zero-order valence-corrected chi connectivity index (χ0v) is 12.0. The highest BCUT2D eigenvalue weighted by Crippen LogP contribution is 2.26. The van der Waals surface area contributed by atoms with Crippen LogP contribution in [0.1, 0.15) is 36.2 Å². The van der Waals surface area contributed by atoms with Gasteiger partial charge in [0.15, 0.2) is 11.6 Å². The molecular weight excluding hydrogens is 277 g/mol. The van der Waals surface area contributed by atoms with Crippen molar-refractivity contribution >= 4 is 0 Å². The number of nitrogens with one attached hydrogen (secondary N) is 1. The summed E-state index contributed by atoms with van der Waals surface area (Å²) in [4.78, 5) is 3.97. The lowest BCUT2D eigenvalue weighted by atomic mass is 10.00. The Bertz CT molecular complexity index is 612. The van der Waals surface area contributed by atoms with Crippen molar-refractivity contribution in [3.8, 4) is 0 Å². The Hall–Kier alpha value is -1.88. The predicted octanol–water partition coefficient (Wildman–Crippen LogP) is 3.90. The van der Waals surface area contributed by atoms with Gasteiger partial charge >= 0.3 is 0 Å². The molecule has 2 rings (SSSR count). The molecule has 2 nitrogen and oxygen atoms in total. The summed E-state index contributed by atoms with van der Waals surface area (Å²) in [6, 6.07) is 5.18. The Morgan fingerprint density at radius 2 is 1.86 bits per heavy atom. The molecule has 0 fully saturated rings. The smallest absolute Gasteiger partial charge is 0.164 e. The lowest BCUT2D eigenvalue weighted by Gasteiger charge is -2.20. The summed E-state index contributed by atoms with van der Waals surface area (Å²) in [5.41, 5.74) is 0.871. The maximum atomic E-state index is 14.2. The molecular formula is C16H17F3N2. The van der Waals surface area contributed by atoms with Crippen LogP contribution in [0.25, 0.3) is 0 Å². The van der Waals surface area contributed by atoms with Crippen LogP contribution in [0.2, 0.25) is 0 Å². The van der Waals surface area contributed by atoms with Crippen molar-refractivity contribution in [1.82, 2.24) is 10.3 Å². The Morgan fingerprint density at radius 3 is 2.48 bits per heavy atom. The second kappa shape index (κ2) is 6.72. The average molecular weight is 294 g/mol. The molecule has 0 aliphatic carbocycles. The van der Waals surface area contributed by atoms with E-state index in [1.807, 2.05) is 6.92 Å². The van der Waals surface area contributed by atoms with Crippen LogP contribution in [0.5, 0.6) is 0 Å². The second-order valence-electron chi connectivity index (χ2n) is 4.89. The Labute approximate surface area is 122 Å². The summed E-state index contributed by atoms with van der Waals surface area (Å²) in [5, 5.41) is 3.12. The maximum Gasteiger partial charge on any atom is 0.164 e. The van der Waals surface area contributed by atoms with E-state index < -0.39 is 23.5 Å². The van der Waals surface area contributed by atoms with E-state index >= 15 is 0 Å². The lowest BCUT2D eigenvalue weighted by molar-refractivity contribution is 0.473. The Balaban J connectivity index is 2.45. The van der Waals surface area contributed by atoms with E-state index in [2.05, 4.69) is 10.3 Å².